The van der Waals surface area contributed by atoms with Crippen molar-refractivity contribution in [1.82, 2.24) is 15.8 Å². The van der Waals surface area contributed by atoms with Gasteiger partial charge in [-0.15, -0.1) is 12.4 Å². The normalized spacial score (nSPS) is 16.6. The number of aromatic nitrogens is 1. The van der Waals surface area contributed by atoms with Crippen molar-refractivity contribution in [2.75, 3.05) is 7.11 Å². The van der Waals surface area contributed by atoms with Crippen molar-refractivity contribution in [2.45, 2.75) is 18.9 Å². The Kier molecular flexibility index (Phi) is 5.92. The largest absolute Gasteiger partial charge is 0.467 e. The van der Waals surface area contributed by atoms with Crippen molar-refractivity contribution >= 4 is 30.1 Å². The lowest BCUT2D eigenvalue weighted by Crippen LogP contribution is -2.41. The first-order valence-corrected chi connectivity index (χ1v) is 5.82. The van der Waals surface area contributed by atoms with Crippen molar-refractivity contribution in [2.24, 2.45) is 4.99 Å². The number of carbonyl (C=O) groups is 2. The number of ether oxygens (including phenoxy) is 1. The molecule has 1 atom stereocenters. The zero-order valence-corrected chi connectivity index (χ0v) is 11.6. The minimum atomic E-state index is -0.487. The van der Waals surface area contributed by atoms with Crippen LogP contribution in [-0.2, 0) is 9.53 Å². The Morgan fingerprint density at radius 3 is 2.85 bits per heavy atom. The molecular weight excluding hydrogens is 284 g/mol. The molecular formula is C12H15ClN4O3. The number of amidine groups is 1. The van der Waals surface area contributed by atoms with Gasteiger partial charge in [0.2, 0.25) is 0 Å². The zero-order valence-electron chi connectivity index (χ0n) is 10.8. The highest BCUT2D eigenvalue weighted by atomic mass is 35.5. The summed E-state index contributed by atoms with van der Waals surface area (Å²) in [6.07, 6.45) is 2.70. The number of pyridine rings is 1. The summed E-state index contributed by atoms with van der Waals surface area (Å²) in [5, 5.41) is 0. The molecule has 2 N–H and O–H groups in total. The molecule has 0 bridgehead atoms. The van der Waals surface area contributed by atoms with Crippen LogP contribution in [0.25, 0.3) is 0 Å². The van der Waals surface area contributed by atoms with Gasteiger partial charge in [-0.25, -0.2) is 4.79 Å². The standard InChI is InChI=1S/C12H14N4O3.ClH/c1-19-12(18)9-5-6-10(14-9)15-16-11(17)8-4-2-3-7-13-8;/h2-4,7,9H,5-6H2,1H3,(H,14,15)(H,16,17);1H. The molecule has 1 aromatic heterocycles. The van der Waals surface area contributed by atoms with Crippen LogP contribution in [0.2, 0.25) is 0 Å². The molecule has 1 aliphatic heterocycles. The number of methoxy groups -OCH3 is 1. The van der Waals surface area contributed by atoms with E-state index in [9.17, 15) is 9.59 Å². The van der Waals surface area contributed by atoms with Gasteiger partial charge in [-0.1, -0.05) is 6.07 Å². The van der Waals surface area contributed by atoms with E-state index in [2.05, 4.69) is 25.6 Å². The van der Waals surface area contributed by atoms with E-state index in [1.807, 2.05) is 0 Å². The first kappa shape index (κ1) is 15.9. The van der Waals surface area contributed by atoms with Crippen LogP contribution >= 0.6 is 12.4 Å². The molecule has 1 amide bonds. The van der Waals surface area contributed by atoms with Crippen LogP contribution in [0.3, 0.4) is 0 Å². The molecule has 20 heavy (non-hydrogen) atoms. The predicted molar refractivity (Wildman–Crippen MR) is 74.6 cm³/mol. The Labute approximate surface area is 122 Å². The van der Waals surface area contributed by atoms with Crippen LogP contribution in [0.4, 0.5) is 0 Å². The monoisotopic (exact) mass is 298 g/mol. The molecule has 8 heteroatoms. The molecule has 0 fully saturated rings. The smallest absolute Gasteiger partial charge is 0.330 e. The zero-order chi connectivity index (χ0) is 13.7. The van der Waals surface area contributed by atoms with Crippen LogP contribution in [0, 0.1) is 0 Å². The van der Waals surface area contributed by atoms with Gasteiger partial charge in [-0.3, -0.25) is 25.6 Å². The van der Waals surface area contributed by atoms with Gasteiger partial charge in [0.1, 0.15) is 17.6 Å². The fourth-order valence-electron chi connectivity index (χ4n) is 1.68. The Hall–Kier alpha value is -2.15. The van der Waals surface area contributed by atoms with E-state index < -0.39 is 6.04 Å². The van der Waals surface area contributed by atoms with Gasteiger partial charge < -0.3 is 4.74 Å². The molecule has 108 valence electrons. The summed E-state index contributed by atoms with van der Waals surface area (Å²) < 4.78 is 4.61. The van der Waals surface area contributed by atoms with Gasteiger partial charge >= 0.3 is 5.97 Å². The fourth-order valence-corrected chi connectivity index (χ4v) is 1.68. The van der Waals surface area contributed by atoms with Gasteiger partial charge in [0, 0.05) is 12.6 Å². The van der Waals surface area contributed by atoms with Crippen molar-refractivity contribution in [3.8, 4) is 0 Å². The summed E-state index contributed by atoms with van der Waals surface area (Å²) in [5.41, 5.74) is 5.48. The minimum Gasteiger partial charge on any atom is -0.467 e. The SMILES string of the molecule is COC(=O)C1CCC(NNC(=O)c2ccccn2)=N1.Cl. The number of hydrazine groups is 1. The highest BCUT2D eigenvalue weighted by molar-refractivity contribution is 5.95. The average Bonchev–Trinajstić information content (AvgIpc) is 2.93. The number of hydrogen-bond donors (Lipinski definition) is 2. The summed E-state index contributed by atoms with van der Waals surface area (Å²) in [7, 11) is 1.33. The number of nitrogens with zero attached hydrogens (tertiary/aromatic N) is 2. The number of amides is 1. The average molecular weight is 299 g/mol. The van der Waals surface area contributed by atoms with E-state index in [1.54, 1.807) is 18.2 Å². The predicted octanol–water partition coefficient (Wildman–Crippen LogP) is 0.472. The maximum absolute atomic E-state index is 11.7. The fraction of sp³-hybridized carbons (Fsp3) is 0.333. The van der Waals surface area contributed by atoms with Gasteiger partial charge in [0.15, 0.2) is 0 Å². The third-order valence-corrected chi connectivity index (χ3v) is 2.66. The summed E-state index contributed by atoms with van der Waals surface area (Å²) in [6.45, 7) is 0. The van der Waals surface area contributed by atoms with Crippen LogP contribution in [0.1, 0.15) is 23.3 Å². The van der Waals surface area contributed by atoms with E-state index in [4.69, 9.17) is 0 Å². The third kappa shape index (κ3) is 3.92. The lowest BCUT2D eigenvalue weighted by atomic mass is 10.2. The topological polar surface area (TPSA) is 92.7 Å². The second kappa shape index (κ2) is 7.44. The molecule has 2 rings (SSSR count). The molecule has 0 aliphatic carbocycles. The quantitative estimate of drug-likeness (QED) is 0.612. The number of carbonyl (C=O) groups excluding carboxylic acids is 2. The first-order valence-electron chi connectivity index (χ1n) is 5.82. The molecule has 1 unspecified atom stereocenters. The van der Waals surface area contributed by atoms with E-state index in [0.717, 1.165) is 0 Å². The number of aliphatic imine (C=N–C) groups is 1. The van der Waals surface area contributed by atoms with Gasteiger partial charge in [-0.05, 0) is 18.6 Å². The van der Waals surface area contributed by atoms with Crippen LogP contribution in [0.15, 0.2) is 29.4 Å². The molecule has 0 spiro atoms. The Balaban J connectivity index is 0.00000200. The highest BCUT2D eigenvalue weighted by Crippen LogP contribution is 2.12. The van der Waals surface area contributed by atoms with E-state index in [-0.39, 0.29) is 24.3 Å². The van der Waals surface area contributed by atoms with Crippen LogP contribution in [-0.4, -0.2) is 35.8 Å². The number of esters is 1. The molecule has 1 aromatic rings. The van der Waals surface area contributed by atoms with E-state index in [1.165, 1.54) is 13.3 Å². The Morgan fingerprint density at radius 1 is 1.40 bits per heavy atom. The lowest BCUT2D eigenvalue weighted by Gasteiger charge is -2.06. The summed E-state index contributed by atoms with van der Waals surface area (Å²) in [5.74, 6) is -0.169. The van der Waals surface area contributed by atoms with Gasteiger partial charge in [0.25, 0.3) is 5.91 Å². The lowest BCUT2D eigenvalue weighted by molar-refractivity contribution is -0.141. The minimum absolute atomic E-state index is 0. The summed E-state index contributed by atoms with van der Waals surface area (Å²) in [6, 6.07) is 4.57. The maximum atomic E-state index is 11.7. The Morgan fingerprint density at radius 2 is 2.20 bits per heavy atom. The molecule has 0 saturated carbocycles. The number of hydrogen-bond acceptors (Lipinski definition) is 6. The first-order chi connectivity index (χ1) is 9.20. The molecule has 7 nitrogen and oxygen atoms in total. The van der Waals surface area contributed by atoms with Crippen LogP contribution in [0.5, 0.6) is 0 Å². The van der Waals surface area contributed by atoms with Gasteiger partial charge in [-0.2, -0.15) is 0 Å². The van der Waals surface area contributed by atoms with Crippen molar-refractivity contribution in [1.29, 1.82) is 0 Å². The summed E-state index contributed by atoms with van der Waals surface area (Å²) in [4.78, 5) is 31.0. The third-order valence-electron chi connectivity index (χ3n) is 2.66. The second-order valence-electron chi connectivity index (χ2n) is 3.95. The van der Waals surface area contributed by atoms with Gasteiger partial charge in [0.05, 0.1) is 7.11 Å². The number of halogens is 1. The number of rotatable bonds is 2. The van der Waals surface area contributed by atoms with Crippen molar-refractivity contribution in [3.63, 3.8) is 0 Å². The van der Waals surface area contributed by atoms with Crippen LogP contribution < -0.4 is 10.9 Å². The molecule has 1 aliphatic rings. The summed E-state index contributed by atoms with van der Waals surface area (Å²) >= 11 is 0. The van der Waals surface area contributed by atoms with E-state index in [0.29, 0.717) is 24.4 Å². The molecule has 0 saturated heterocycles. The van der Waals surface area contributed by atoms with E-state index >= 15 is 0 Å². The highest BCUT2D eigenvalue weighted by Gasteiger charge is 2.25. The Bertz CT molecular complexity index is 507. The maximum Gasteiger partial charge on any atom is 0.330 e. The molecule has 0 radical (unpaired) electrons. The second-order valence-corrected chi connectivity index (χ2v) is 3.95. The number of nitrogens with one attached hydrogen (secondary N) is 2. The molecule has 2 heterocycles. The van der Waals surface area contributed by atoms with Crippen molar-refractivity contribution < 1.29 is 14.3 Å². The molecule has 0 aromatic carbocycles. The van der Waals surface area contributed by atoms with Crippen molar-refractivity contribution in [3.05, 3.63) is 30.1 Å².